The minimum atomic E-state index is -1.21. The van der Waals surface area contributed by atoms with Crippen LogP contribution in [0.3, 0.4) is 0 Å². The second kappa shape index (κ2) is 10.6. The van der Waals surface area contributed by atoms with Gasteiger partial charge in [-0.2, -0.15) is 0 Å². The maximum absolute atomic E-state index is 13.5. The molecule has 0 aliphatic carbocycles. The molecule has 4 rings (SSSR count). The number of hydrogen-bond acceptors (Lipinski definition) is 7. The van der Waals surface area contributed by atoms with Crippen LogP contribution in [0.15, 0.2) is 52.7 Å². The summed E-state index contributed by atoms with van der Waals surface area (Å²) in [5.41, 5.74) is 1.02. The Kier molecular flexibility index (Phi) is 7.48. The minimum Gasteiger partial charge on any atom is -0.506 e. The first kappa shape index (κ1) is 25.5. The Morgan fingerprint density at radius 2 is 1.86 bits per heavy atom. The summed E-state index contributed by atoms with van der Waals surface area (Å²) in [6.07, 6.45) is 1.50. The van der Waals surface area contributed by atoms with Crippen LogP contribution >= 0.6 is 35.3 Å². The number of anilines is 1. The monoisotopic (exact) mass is 546 g/mol. The molecule has 12 heteroatoms. The highest BCUT2D eigenvalue weighted by molar-refractivity contribution is 8.26. The number of benzene rings is 2. The van der Waals surface area contributed by atoms with E-state index in [1.54, 1.807) is 17.5 Å². The number of thiocarbonyl (C=S) groups is 1. The van der Waals surface area contributed by atoms with E-state index >= 15 is 0 Å². The highest BCUT2D eigenvalue weighted by Gasteiger charge is 2.32. The third-order valence-corrected chi connectivity index (χ3v) is 7.36. The highest BCUT2D eigenvalue weighted by atomic mass is 32.2. The summed E-state index contributed by atoms with van der Waals surface area (Å²) in [4.78, 5) is 38.6. The number of hydrogen-bond donors (Lipinski definition) is 3. The average Bonchev–Trinajstić information content (AvgIpc) is 3.40. The summed E-state index contributed by atoms with van der Waals surface area (Å²) in [6.45, 7) is -0.0161. The Hall–Kier alpha value is -3.61. The number of carbonyl (C=O) groups is 3. The molecule has 1 saturated heterocycles. The Balaban J connectivity index is 1.40. The molecule has 3 aromatic rings. The molecule has 1 aliphatic heterocycles. The zero-order chi connectivity index (χ0) is 26.0. The second-order valence-electron chi connectivity index (χ2n) is 7.54. The van der Waals surface area contributed by atoms with Crippen LogP contribution in [-0.4, -0.2) is 43.8 Å². The maximum Gasteiger partial charge on any atom is 0.335 e. The normalized spacial score (nSPS) is 14.5. The summed E-state index contributed by atoms with van der Waals surface area (Å²) in [5.74, 6) is -4.30. The number of carbonyl (C=O) groups excluding carboxylic acids is 2. The Morgan fingerprint density at radius 3 is 2.58 bits per heavy atom. The molecule has 2 heterocycles. The van der Waals surface area contributed by atoms with Crippen molar-refractivity contribution >= 4 is 69.2 Å². The fourth-order valence-corrected chi connectivity index (χ4v) is 5.49. The molecule has 36 heavy (non-hydrogen) atoms. The van der Waals surface area contributed by atoms with Crippen molar-refractivity contribution < 1.29 is 33.4 Å². The van der Waals surface area contributed by atoms with E-state index < -0.39 is 23.5 Å². The Bertz CT molecular complexity index is 1440. The standard InChI is InChI=1S/C24H16F2N2O5S3/c25-16-3-1-12(8-17(16)26)14-7-15(35-11-14)10-20-22(31)28(24(34)36-20)6-5-21(30)27-18-9-13(23(32)33)2-4-19(18)29/h1-4,7-11,29H,5-6H2,(H,27,30)(H,32,33)/b20-10-. The minimum absolute atomic E-state index is 0.0161. The number of carboxylic acids is 1. The number of phenols is 1. The fourth-order valence-electron chi connectivity index (χ4n) is 3.27. The van der Waals surface area contributed by atoms with Crippen molar-refractivity contribution in [2.45, 2.75) is 6.42 Å². The first-order valence-corrected chi connectivity index (χ1v) is 12.4. The van der Waals surface area contributed by atoms with Crippen molar-refractivity contribution in [3.8, 4) is 16.9 Å². The zero-order valence-electron chi connectivity index (χ0n) is 18.2. The van der Waals surface area contributed by atoms with Crippen molar-refractivity contribution in [1.29, 1.82) is 0 Å². The molecule has 2 amide bonds. The van der Waals surface area contributed by atoms with Crippen LogP contribution in [0.1, 0.15) is 21.7 Å². The van der Waals surface area contributed by atoms with E-state index in [-0.39, 0.29) is 40.2 Å². The summed E-state index contributed by atoms with van der Waals surface area (Å²) in [7, 11) is 0. The molecular formula is C24H16F2N2O5S3. The molecule has 0 saturated carbocycles. The number of nitrogens with one attached hydrogen (secondary N) is 1. The third kappa shape index (κ3) is 5.61. The molecular weight excluding hydrogens is 530 g/mol. The van der Waals surface area contributed by atoms with Crippen molar-refractivity contribution in [2.75, 3.05) is 11.9 Å². The largest absolute Gasteiger partial charge is 0.506 e. The van der Waals surface area contributed by atoms with Gasteiger partial charge in [0.15, 0.2) is 11.6 Å². The SMILES string of the molecule is O=C(CCN1C(=O)/C(=C/c2cc(-c3ccc(F)c(F)c3)cs2)SC1=S)Nc1cc(C(=O)O)ccc1O. The predicted octanol–water partition coefficient (Wildman–Crippen LogP) is 5.33. The van der Waals surface area contributed by atoms with Gasteiger partial charge < -0.3 is 15.5 Å². The van der Waals surface area contributed by atoms with E-state index in [1.165, 1.54) is 28.4 Å². The van der Waals surface area contributed by atoms with Gasteiger partial charge in [0.1, 0.15) is 10.1 Å². The van der Waals surface area contributed by atoms with Crippen molar-refractivity contribution in [3.05, 3.63) is 74.8 Å². The van der Waals surface area contributed by atoms with Crippen LogP contribution in [0.5, 0.6) is 5.75 Å². The first-order valence-electron chi connectivity index (χ1n) is 10.3. The van der Waals surface area contributed by atoms with Gasteiger partial charge in [-0.1, -0.05) is 30.0 Å². The van der Waals surface area contributed by atoms with E-state index in [1.807, 2.05) is 0 Å². The summed E-state index contributed by atoms with van der Waals surface area (Å²) in [5, 5.41) is 23.1. The molecule has 2 aromatic carbocycles. The number of carboxylic acid groups (broad SMARTS) is 1. The molecule has 1 fully saturated rings. The first-order chi connectivity index (χ1) is 17.1. The van der Waals surface area contributed by atoms with Crippen LogP contribution in [0, 0.1) is 11.6 Å². The molecule has 7 nitrogen and oxygen atoms in total. The lowest BCUT2D eigenvalue weighted by molar-refractivity contribution is -0.122. The number of thioether (sulfide) groups is 1. The number of nitrogens with zero attached hydrogens (tertiary/aromatic N) is 1. The number of halogens is 2. The third-order valence-electron chi connectivity index (χ3n) is 5.10. The molecule has 1 aliphatic rings. The van der Waals surface area contributed by atoms with Crippen molar-refractivity contribution in [3.63, 3.8) is 0 Å². The molecule has 1 aromatic heterocycles. The van der Waals surface area contributed by atoms with E-state index in [0.29, 0.717) is 20.9 Å². The van der Waals surface area contributed by atoms with E-state index in [0.717, 1.165) is 36.0 Å². The summed E-state index contributed by atoms with van der Waals surface area (Å²) in [6, 6.07) is 8.86. The van der Waals surface area contributed by atoms with Gasteiger partial charge in [-0.15, -0.1) is 11.3 Å². The van der Waals surface area contributed by atoms with Crippen molar-refractivity contribution in [2.24, 2.45) is 0 Å². The molecule has 0 spiro atoms. The number of aromatic hydroxyl groups is 1. The topological polar surface area (TPSA) is 107 Å². The molecule has 0 radical (unpaired) electrons. The van der Waals surface area contributed by atoms with E-state index in [9.17, 15) is 28.3 Å². The smallest absolute Gasteiger partial charge is 0.335 e. The van der Waals surface area contributed by atoms with Crippen LogP contribution in [0.25, 0.3) is 17.2 Å². The number of phenolic OH excluding ortho intramolecular Hbond substituents is 1. The van der Waals surface area contributed by atoms with Gasteiger partial charge in [0.05, 0.1) is 16.2 Å². The van der Waals surface area contributed by atoms with Gasteiger partial charge in [0.25, 0.3) is 5.91 Å². The molecule has 3 N–H and O–H groups in total. The lowest BCUT2D eigenvalue weighted by atomic mass is 10.1. The quantitative estimate of drug-likeness (QED) is 0.209. The van der Waals surface area contributed by atoms with Gasteiger partial charge in [-0.3, -0.25) is 14.5 Å². The van der Waals surface area contributed by atoms with Gasteiger partial charge in [0.2, 0.25) is 5.91 Å². The molecule has 184 valence electrons. The second-order valence-corrected chi connectivity index (χ2v) is 10.2. The Labute approximate surface area is 217 Å². The lowest BCUT2D eigenvalue weighted by Crippen LogP contribution is -2.31. The van der Waals surface area contributed by atoms with E-state index in [4.69, 9.17) is 17.3 Å². The molecule has 0 unspecified atom stereocenters. The van der Waals surface area contributed by atoms with Gasteiger partial charge >= 0.3 is 5.97 Å². The van der Waals surface area contributed by atoms with Gasteiger partial charge in [0, 0.05) is 17.8 Å². The van der Waals surface area contributed by atoms with Crippen LogP contribution in [0.2, 0.25) is 0 Å². The molecule has 0 atom stereocenters. The van der Waals surface area contributed by atoms with Crippen LogP contribution in [-0.2, 0) is 9.59 Å². The van der Waals surface area contributed by atoms with Crippen LogP contribution in [0.4, 0.5) is 14.5 Å². The predicted molar refractivity (Wildman–Crippen MR) is 138 cm³/mol. The zero-order valence-corrected chi connectivity index (χ0v) is 20.6. The fraction of sp³-hybridized carbons (Fsp3) is 0.0833. The highest BCUT2D eigenvalue weighted by Crippen LogP contribution is 2.35. The number of aromatic carboxylic acids is 1. The van der Waals surface area contributed by atoms with Crippen molar-refractivity contribution in [1.82, 2.24) is 4.90 Å². The van der Waals surface area contributed by atoms with Gasteiger partial charge in [-0.05, 0) is 59.0 Å². The van der Waals surface area contributed by atoms with Crippen LogP contribution < -0.4 is 5.32 Å². The average molecular weight is 547 g/mol. The number of thiophene rings is 1. The number of amides is 2. The summed E-state index contributed by atoms with van der Waals surface area (Å²) < 4.78 is 27.0. The molecule has 0 bridgehead atoms. The number of rotatable bonds is 7. The van der Waals surface area contributed by atoms with Gasteiger partial charge in [-0.25, -0.2) is 13.6 Å². The lowest BCUT2D eigenvalue weighted by Gasteiger charge is -2.14. The maximum atomic E-state index is 13.5. The van der Waals surface area contributed by atoms with E-state index in [2.05, 4.69) is 5.32 Å². The Morgan fingerprint density at radius 1 is 1.08 bits per heavy atom. The summed E-state index contributed by atoms with van der Waals surface area (Å²) >= 11 is 7.68.